The molecule has 4 nitrogen and oxygen atoms in total. The van der Waals surface area contributed by atoms with Crippen LogP contribution in [0.5, 0.6) is 0 Å². The minimum Gasteiger partial charge on any atom is -0.468 e. The summed E-state index contributed by atoms with van der Waals surface area (Å²) in [6.07, 6.45) is 1.02. The first-order valence-corrected chi connectivity index (χ1v) is 6.15. The van der Waals surface area contributed by atoms with Crippen molar-refractivity contribution in [2.45, 2.75) is 19.1 Å². The van der Waals surface area contributed by atoms with Crippen LogP contribution in [0.15, 0.2) is 47.1 Å². The van der Waals surface area contributed by atoms with Gasteiger partial charge in [-0.05, 0) is 36.8 Å². The van der Waals surface area contributed by atoms with E-state index in [0.717, 1.165) is 11.3 Å². The molecule has 19 heavy (non-hydrogen) atoms. The van der Waals surface area contributed by atoms with Crippen molar-refractivity contribution in [3.8, 4) is 6.07 Å². The lowest BCUT2D eigenvalue weighted by Gasteiger charge is -2.16. The van der Waals surface area contributed by atoms with E-state index in [4.69, 9.17) is 9.68 Å². The lowest BCUT2D eigenvalue weighted by molar-refractivity contribution is 0.169. The quantitative estimate of drug-likeness (QED) is 0.862. The number of nitrogens with one attached hydrogen (secondary N) is 1. The smallest absolute Gasteiger partial charge is 0.120 e. The number of nitrogens with zero attached hydrogens (tertiary/aromatic N) is 1. The van der Waals surface area contributed by atoms with Crippen molar-refractivity contribution in [3.63, 3.8) is 0 Å². The highest BCUT2D eigenvalue weighted by molar-refractivity contribution is 5.32. The molecule has 0 aliphatic heterocycles. The fourth-order valence-electron chi connectivity index (χ4n) is 1.82. The fourth-order valence-corrected chi connectivity index (χ4v) is 1.82. The third-order valence-electron chi connectivity index (χ3n) is 3.01. The van der Waals surface area contributed by atoms with Crippen LogP contribution < -0.4 is 5.32 Å². The van der Waals surface area contributed by atoms with Crippen LogP contribution in [0.1, 0.15) is 36.0 Å². The van der Waals surface area contributed by atoms with E-state index >= 15 is 0 Å². The molecule has 0 spiro atoms. The van der Waals surface area contributed by atoms with E-state index < -0.39 is 6.10 Å². The third kappa shape index (κ3) is 3.44. The van der Waals surface area contributed by atoms with Crippen LogP contribution in [0.4, 0.5) is 0 Å². The largest absolute Gasteiger partial charge is 0.468 e. The third-order valence-corrected chi connectivity index (χ3v) is 3.01. The molecule has 0 fully saturated rings. The monoisotopic (exact) mass is 256 g/mol. The first-order valence-electron chi connectivity index (χ1n) is 6.15. The van der Waals surface area contributed by atoms with Crippen molar-refractivity contribution in [2.75, 3.05) is 6.54 Å². The predicted octanol–water partition coefficient (Wildman–Crippen LogP) is 2.54. The number of hydrogen-bond acceptors (Lipinski definition) is 4. The van der Waals surface area contributed by atoms with Crippen LogP contribution in [0.25, 0.3) is 0 Å². The summed E-state index contributed by atoms with van der Waals surface area (Å²) < 4.78 is 5.28. The molecule has 0 bridgehead atoms. The molecule has 0 amide bonds. The summed E-state index contributed by atoms with van der Waals surface area (Å²) in [5.74, 6) is 0.840. The Morgan fingerprint density at radius 1 is 1.32 bits per heavy atom. The summed E-state index contributed by atoms with van der Waals surface area (Å²) in [7, 11) is 0. The summed E-state index contributed by atoms with van der Waals surface area (Å²) in [6.45, 7) is 2.40. The molecule has 0 saturated carbocycles. The van der Waals surface area contributed by atoms with Gasteiger partial charge in [-0.1, -0.05) is 12.1 Å². The maximum Gasteiger partial charge on any atom is 0.120 e. The lowest BCUT2D eigenvalue weighted by Crippen LogP contribution is -2.24. The first-order chi connectivity index (χ1) is 9.20. The summed E-state index contributed by atoms with van der Waals surface area (Å²) in [5.41, 5.74) is 1.38. The van der Waals surface area contributed by atoms with Gasteiger partial charge < -0.3 is 14.8 Å². The second-order valence-corrected chi connectivity index (χ2v) is 4.39. The van der Waals surface area contributed by atoms with Gasteiger partial charge in [0.25, 0.3) is 0 Å². The van der Waals surface area contributed by atoms with Crippen molar-refractivity contribution in [1.82, 2.24) is 5.32 Å². The van der Waals surface area contributed by atoms with Gasteiger partial charge in [0, 0.05) is 6.54 Å². The van der Waals surface area contributed by atoms with E-state index in [9.17, 15) is 5.11 Å². The molecule has 4 heteroatoms. The molecule has 98 valence electrons. The van der Waals surface area contributed by atoms with Crippen molar-refractivity contribution < 1.29 is 9.52 Å². The Balaban J connectivity index is 1.90. The van der Waals surface area contributed by atoms with E-state index in [1.165, 1.54) is 0 Å². The molecule has 2 aromatic rings. The van der Waals surface area contributed by atoms with Crippen LogP contribution in [-0.4, -0.2) is 11.7 Å². The molecule has 0 aliphatic rings. The second-order valence-electron chi connectivity index (χ2n) is 4.39. The highest BCUT2D eigenvalue weighted by Gasteiger charge is 2.12. The average Bonchev–Trinajstić information content (AvgIpc) is 2.98. The molecule has 2 atom stereocenters. The van der Waals surface area contributed by atoms with Crippen molar-refractivity contribution in [2.24, 2.45) is 0 Å². The van der Waals surface area contributed by atoms with Gasteiger partial charge in [-0.15, -0.1) is 0 Å². The Morgan fingerprint density at radius 3 is 2.63 bits per heavy atom. The first kappa shape index (κ1) is 13.3. The molecule has 0 saturated heterocycles. The zero-order chi connectivity index (χ0) is 13.7. The Hall–Kier alpha value is -2.09. The van der Waals surface area contributed by atoms with Gasteiger partial charge in [-0.25, -0.2) is 0 Å². The minimum absolute atomic E-state index is 0.0445. The van der Waals surface area contributed by atoms with Crippen LogP contribution in [-0.2, 0) is 0 Å². The van der Waals surface area contributed by atoms with Gasteiger partial charge in [0.15, 0.2) is 0 Å². The van der Waals surface area contributed by atoms with Gasteiger partial charge in [0.05, 0.1) is 30.0 Å². The number of hydrogen-bond donors (Lipinski definition) is 2. The number of nitriles is 1. The minimum atomic E-state index is -0.606. The summed E-state index contributed by atoms with van der Waals surface area (Å²) >= 11 is 0. The van der Waals surface area contributed by atoms with E-state index in [0.29, 0.717) is 12.1 Å². The molecule has 2 N–H and O–H groups in total. The molecule has 1 aromatic heterocycles. The van der Waals surface area contributed by atoms with Crippen LogP contribution >= 0.6 is 0 Å². The average molecular weight is 256 g/mol. The molecule has 1 heterocycles. The maximum atomic E-state index is 10.1. The number of aliphatic hydroxyl groups excluding tert-OH is 1. The topological polar surface area (TPSA) is 69.2 Å². The van der Waals surface area contributed by atoms with Gasteiger partial charge in [0.1, 0.15) is 5.76 Å². The molecule has 2 unspecified atom stereocenters. The van der Waals surface area contributed by atoms with Crippen molar-refractivity contribution in [3.05, 3.63) is 59.5 Å². The Kier molecular flexibility index (Phi) is 4.35. The maximum absolute atomic E-state index is 10.1. The zero-order valence-electron chi connectivity index (χ0n) is 10.7. The number of benzene rings is 1. The van der Waals surface area contributed by atoms with Gasteiger partial charge >= 0.3 is 0 Å². The molecule has 0 radical (unpaired) electrons. The Labute approximate surface area is 112 Å². The fraction of sp³-hybridized carbons (Fsp3) is 0.267. The van der Waals surface area contributed by atoms with Crippen LogP contribution in [0.3, 0.4) is 0 Å². The second kappa shape index (κ2) is 6.19. The highest BCUT2D eigenvalue weighted by Crippen LogP contribution is 2.16. The molecular formula is C15H16N2O2. The summed E-state index contributed by atoms with van der Waals surface area (Å²) in [4.78, 5) is 0. The van der Waals surface area contributed by atoms with E-state index in [1.54, 1.807) is 30.5 Å². The van der Waals surface area contributed by atoms with Gasteiger partial charge in [-0.3, -0.25) is 0 Å². The standard InChI is InChI=1S/C15H16N2O2/c1-11(15-3-2-8-19-15)17-10-14(18)13-6-4-12(9-16)5-7-13/h2-8,11,14,17-18H,10H2,1H3. The van der Waals surface area contributed by atoms with Gasteiger partial charge in [0.2, 0.25) is 0 Å². The Morgan fingerprint density at radius 2 is 2.05 bits per heavy atom. The lowest BCUT2D eigenvalue weighted by atomic mass is 10.1. The van der Waals surface area contributed by atoms with Crippen molar-refractivity contribution >= 4 is 0 Å². The van der Waals surface area contributed by atoms with Crippen LogP contribution in [0, 0.1) is 11.3 Å². The normalized spacial score (nSPS) is 13.7. The SMILES string of the molecule is CC(NCC(O)c1ccc(C#N)cc1)c1ccco1. The number of aliphatic hydroxyl groups is 1. The number of furan rings is 1. The summed E-state index contributed by atoms with van der Waals surface area (Å²) in [6, 6.07) is 12.8. The van der Waals surface area contributed by atoms with E-state index in [-0.39, 0.29) is 6.04 Å². The van der Waals surface area contributed by atoms with E-state index in [1.807, 2.05) is 19.1 Å². The summed E-state index contributed by atoms with van der Waals surface area (Å²) in [5, 5.41) is 22.0. The molecular weight excluding hydrogens is 240 g/mol. The molecule has 2 rings (SSSR count). The van der Waals surface area contributed by atoms with Gasteiger partial charge in [-0.2, -0.15) is 5.26 Å². The Bertz CT molecular complexity index is 541. The molecule has 0 aliphatic carbocycles. The van der Waals surface area contributed by atoms with E-state index in [2.05, 4.69) is 11.4 Å². The zero-order valence-corrected chi connectivity index (χ0v) is 10.7. The highest BCUT2D eigenvalue weighted by atomic mass is 16.3. The van der Waals surface area contributed by atoms with Crippen molar-refractivity contribution in [1.29, 1.82) is 5.26 Å². The number of rotatable bonds is 5. The predicted molar refractivity (Wildman–Crippen MR) is 71.2 cm³/mol. The van der Waals surface area contributed by atoms with Crippen LogP contribution in [0.2, 0.25) is 0 Å². The molecule has 1 aromatic carbocycles.